The Balaban J connectivity index is 1.70. The Hall–Kier alpha value is -2.66. The van der Waals surface area contributed by atoms with Gasteiger partial charge in [0, 0.05) is 0 Å². The molecule has 1 fully saturated rings. The van der Waals surface area contributed by atoms with Gasteiger partial charge < -0.3 is 9.47 Å². The molecular formula is C21H23NO4. The van der Waals surface area contributed by atoms with Gasteiger partial charge >= 0.3 is 5.97 Å². The van der Waals surface area contributed by atoms with Gasteiger partial charge in [-0.15, -0.1) is 0 Å². The van der Waals surface area contributed by atoms with Crippen molar-refractivity contribution < 1.29 is 19.1 Å². The van der Waals surface area contributed by atoms with E-state index >= 15 is 0 Å². The standard InChI is InChI=1S/C21H23NO4/c1-3-17-19(23)20(22(17)4-2)26-18-13-9-8-12-16(18)21(24)25-14-15-10-6-5-7-11-15/h5-13,17,20H,3-4,14H2,1-2H3. The van der Waals surface area contributed by atoms with Crippen LogP contribution in [0.5, 0.6) is 5.75 Å². The van der Waals surface area contributed by atoms with Gasteiger partial charge in [0.1, 0.15) is 17.9 Å². The summed E-state index contributed by atoms with van der Waals surface area (Å²) in [6.07, 6.45) is 0.126. The molecule has 0 aliphatic carbocycles. The number of esters is 1. The van der Waals surface area contributed by atoms with Crippen molar-refractivity contribution in [2.75, 3.05) is 6.54 Å². The molecule has 0 saturated carbocycles. The van der Waals surface area contributed by atoms with Crippen LogP contribution in [0.1, 0.15) is 36.2 Å². The second kappa shape index (κ2) is 8.15. The van der Waals surface area contributed by atoms with Crippen molar-refractivity contribution in [3.63, 3.8) is 0 Å². The topological polar surface area (TPSA) is 55.8 Å². The predicted molar refractivity (Wildman–Crippen MR) is 97.9 cm³/mol. The van der Waals surface area contributed by atoms with Crippen LogP contribution in [-0.4, -0.2) is 35.5 Å². The highest BCUT2D eigenvalue weighted by atomic mass is 16.5. The van der Waals surface area contributed by atoms with Crippen molar-refractivity contribution in [2.24, 2.45) is 0 Å². The lowest BCUT2D eigenvalue weighted by Gasteiger charge is -2.45. The van der Waals surface area contributed by atoms with Crippen LogP contribution in [0, 0.1) is 0 Å². The predicted octanol–water partition coefficient (Wildman–Crippen LogP) is 3.43. The third-order valence-corrected chi connectivity index (χ3v) is 4.58. The number of carbonyl (C=O) groups is 2. The number of ketones is 1. The molecule has 0 bridgehead atoms. The Morgan fingerprint density at radius 3 is 2.42 bits per heavy atom. The van der Waals surface area contributed by atoms with Gasteiger partial charge in [-0.05, 0) is 30.7 Å². The van der Waals surface area contributed by atoms with Crippen LogP contribution >= 0.6 is 0 Å². The average molecular weight is 353 g/mol. The molecule has 1 heterocycles. The summed E-state index contributed by atoms with van der Waals surface area (Å²) in [6.45, 7) is 4.88. The highest BCUT2D eigenvalue weighted by Gasteiger charge is 2.47. The molecule has 2 aromatic rings. The molecule has 2 atom stereocenters. The fourth-order valence-corrected chi connectivity index (χ4v) is 3.18. The van der Waals surface area contributed by atoms with Gasteiger partial charge in [-0.1, -0.05) is 56.3 Å². The van der Waals surface area contributed by atoms with Crippen molar-refractivity contribution in [2.45, 2.75) is 39.1 Å². The van der Waals surface area contributed by atoms with E-state index < -0.39 is 12.2 Å². The summed E-state index contributed by atoms with van der Waals surface area (Å²) in [5.41, 5.74) is 1.24. The fourth-order valence-electron chi connectivity index (χ4n) is 3.18. The number of carbonyl (C=O) groups excluding carboxylic acids is 2. The Labute approximate surface area is 153 Å². The van der Waals surface area contributed by atoms with Crippen LogP contribution in [-0.2, 0) is 16.1 Å². The number of hydrogen-bond donors (Lipinski definition) is 0. The number of likely N-dealkylation sites (N-methyl/N-ethyl adjacent to an activating group) is 1. The lowest BCUT2D eigenvalue weighted by atomic mass is 9.96. The largest absolute Gasteiger partial charge is 0.467 e. The molecule has 0 aromatic heterocycles. The van der Waals surface area contributed by atoms with Gasteiger partial charge in [-0.25, -0.2) is 4.79 Å². The minimum absolute atomic E-state index is 0.0572. The van der Waals surface area contributed by atoms with Gasteiger partial charge in [-0.2, -0.15) is 0 Å². The van der Waals surface area contributed by atoms with E-state index in [4.69, 9.17) is 9.47 Å². The Kier molecular flexibility index (Phi) is 5.68. The van der Waals surface area contributed by atoms with Crippen LogP contribution in [0.25, 0.3) is 0 Å². The van der Waals surface area contributed by atoms with E-state index in [0.717, 1.165) is 18.5 Å². The lowest BCUT2D eigenvalue weighted by Crippen LogP contribution is -2.66. The maximum absolute atomic E-state index is 12.5. The van der Waals surface area contributed by atoms with Crippen molar-refractivity contribution in [3.8, 4) is 5.75 Å². The SMILES string of the molecule is CCC1C(=O)C(Oc2ccccc2C(=O)OCc2ccccc2)N1CC. The van der Waals surface area contributed by atoms with Crippen molar-refractivity contribution in [1.29, 1.82) is 0 Å². The summed E-state index contributed by atoms with van der Waals surface area (Å²) in [6, 6.07) is 16.3. The van der Waals surface area contributed by atoms with Gasteiger partial charge in [0.15, 0.2) is 0 Å². The molecular weight excluding hydrogens is 330 g/mol. The minimum Gasteiger partial charge on any atom is -0.467 e. The molecule has 0 radical (unpaired) electrons. The summed E-state index contributed by atoms with van der Waals surface area (Å²) in [7, 11) is 0. The molecule has 0 N–H and O–H groups in total. The maximum atomic E-state index is 12.5. The maximum Gasteiger partial charge on any atom is 0.342 e. The first-order valence-electron chi connectivity index (χ1n) is 8.91. The van der Waals surface area contributed by atoms with Gasteiger partial charge in [0.25, 0.3) is 0 Å². The molecule has 0 spiro atoms. The van der Waals surface area contributed by atoms with Crippen LogP contribution in [0.3, 0.4) is 0 Å². The van der Waals surface area contributed by atoms with Crippen molar-refractivity contribution in [1.82, 2.24) is 4.90 Å². The van der Waals surface area contributed by atoms with Crippen LogP contribution in [0.2, 0.25) is 0 Å². The third kappa shape index (κ3) is 3.63. The van der Waals surface area contributed by atoms with Crippen LogP contribution < -0.4 is 4.74 Å². The number of para-hydroxylation sites is 1. The third-order valence-electron chi connectivity index (χ3n) is 4.58. The molecule has 26 heavy (non-hydrogen) atoms. The molecule has 1 saturated heterocycles. The Bertz CT molecular complexity index is 775. The number of likely N-dealkylation sites (tertiary alicyclic amines) is 1. The molecule has 0 amide bonds. The number of hydrogen-bond acceptors (Lipinski definition) is 5. The molecule has 1 aliphatic rings. The van der Waals surface area contributed by atoms with E-state index in [0.29, 0.717) is 11.3 Å². The summed E-state index contributed by atoms with van der Waals surface area (Å²) >= 11 is 0. The first kappa shape index (κ1) is 18.1. The van der Waals surface area contributed by atoms with E-state index in [-0.39, 0.29) is 18.4 Å². The second-order valence-electron chi connectivity index (χ2n) is 6.18. The summed E-state index contributed by atoms with van der Waals surface area (Å²) in [4.78, 5) is 26.7. The highest BCUT2D eigenvalue weighted by molar-refractivity contribution is 5.95. The molecule has 1 aliphatic heterocycles. The van der Waals surface area contributed by atoms with E-state index in [2.05, 4.69) is 0 Å². The Morgan fingerprint density at radius 2 is 1.73 bits per heavy atom. The first-order chi connectivity index (χ1) is 12.7. The van der Waals surface area contributed by atoms with Gasteiger partial charge in [-0.3, -0.25) is 9.69 Å². The fraction of sp³-hybridized carbons (Fsp3) is 0.333. The zero-order valence-corrected chi connectivity index (χ0v) is 15.1. The van der Waals surface area contributed by atoms with E-state index in [1.165, 1.54) is 0 Å². The summed E-state index contributed by atoms with van der Waals surface area (Å²) in [5, 5.41) is 0. The molecule has 5 heteroatoms. The van der Waals surface area contributed by atoms with E-state index in [1.54, 1.807) is 24.3 Å². The number of nitrogens with zero attached hydrogens (tertiary/aromatic N) is 1. The van der Waals surface area contributed by atoms with E-state index in [1.807, 2.05) is 49.1 Å². The zero-order chi connectivity index (χ0) is 18.5. The van der Waals surface area contributed by atoms with Gasteiger partial charge in [0.2, 0.25) is 12.0 Å². The quantitative estimate of drug-likeness (QED) is 0.714. The average Bonchev–Trinajstić information content (AvgIpc) is 2.69. The highest BCUT2D eigenvalue weighted by Crippen LogP contribution is 2.29. The lowest BCUT2D eigenvalue weighted by molar-refractivity contribution is -0.164. The van der Waals surface area contributed by atoms with Crippen LogP contribution in [0.15, 0.2) is 54.6 Å². The number of Topliss-reactive ketones (excluding diaryl/α,β-unsaturated/α-hetero) is 1. The number of rotatable bonds is 7. The second-order valence-corrected chi connectivity index (χ2v) is 6.18. The zero-order valence-electron chi connectivity index (χ0n) is 15.1. The monoisotopic (exact) mass is 353 g/mol. The molecule has 3 rings (SSSR count). The summed E-state index contributed by atoms with van der Waals surface area (Å²) in [5.74, 6) is -0.0370. The molecule has 2 unspecified atom stereocenters. The van der Waals surface area contributed by atoms with Crippen molar-refractivity contribution in [3.05, 3.63) is 65.7 Å². The normalized spacial score (nSPS) is 19.7. The molecule has 5 nitrogen and oxygen atoms in total. The smallest absolute Gasteiger partial charge is 0.342 e. The summed E-state index contributed by atoms with van der Waals surface area (Å²) < 4.78 is 11.3. The number of ether oxygens (including phenoxy) is 2. The molecule has 2 aromatic carbocycles. The van der Waals surface area contributed by atoms with Crippen LogP contribution in [0.4, 0.5) is 0 Å². The number of benzene rings is 2. The minimum atomic E-state index is -0.631. The molecule has 136 valence electrons. The van der Waals surface area contributed by atoms with Crippen molar-refractivity contribution >= 4 is 11.8 Å². The first-order valence-corrected chi connectivity index (χ1v) is 8.91. The van der Waals surface area contributed by atoms with Gasteiger partial charge in [0.05, 0.1) is 6.04 Å². The van der Waals surface area contributed by atoms with E-state index in [9.17, 15) is 9.59 Å². The Morgan fingerprint density at radius 1 is 1.04 bits per heavy atom.